The van der Waals surface area contributed by atoms with Crippen LogP contribution >= 0.6 is 11.3 Å². The lowest BCUT2D eigenvalue weighted by molar-refractivity contribution is -0.902. The van der Waals surface area contributed by atoms with Gasteiger partial charge in [0.25, 0.3) is 5.91 Å². The third kappa shape index (κ3) is 3.78. The van der Waals surface area contributed by atoms with Gasteiger partial charge < -0.3 is 14.6 Å². The Morgan fingerprint density at radius 2 is 2.17 bits per heavy atom. The van der Waals surface area contributed by atoms with Gasteiger partial charge >= 0.3 is 0 Å². The van der Waals surface area contributed by atoms with E-state index in [0.717, 1.165) is 21.2 Å². The molecule has 0 fully saturated rings. The zero-order valence-corrected chi connectivity index (χ0v) is 14.0. The van der Waals surface area contributed by atoms with Gasteiger partial charge in [0, 0.05) is 0 Å². The number of carbonyl (C=O) groups is 1. The summed E-state index contributed by atoms with van der Waals surface area (Å²) < 4.78 is 6.39. The van der Waals surface area contributed by atoms with Gasteiger partial charge in [-0.2, -0.15) is 0 Å². The van der Waals surface area contributed by atoms with E-state index in [-0.39, 0.29) is 11.9 Å². The van der Waals surface area contributed by atoms with Crippen molar-refractivity contribution in [3.05, 3.63) is 53.4 Å². The molecule has 6 heteroatoms. The van der Waals surface area contributed by atoms with E-state index in [1.807, 2.05) is 37.4 Å². The van der Waals surface area contributed by atoms with Crippen LogP contribution in [0.5, 0.6) is 0 Å². The quantitative estimate of drug-likeness (QED) is 0.724. The molecule has 0 aliphatic heterocycles. The molecule has 0 saturated carbocycles. The number of hydrogen-bond donors (Lipinski definition) is 2. The molecule has 3 aromatic rings. The minimum atomic E-state index is 0.00635. The van der Waals surface area contributed by atoms with Gasteiger partial charge in [0.2, 0.25) is 0 Å². The minimum absolute atomic E-state index is 0.00635. The van der Waals surface area contributed by atoms with Crippen molar-refractivity contribution < 1.29 is 14.1 Å². The monoisotopic (exact) mass is 330 g/mol. The number of furan rings is 1. The fourth-order valence-corrected chi connectivity index (χ4v) is 3.47. The van der Waals surface area contributed by atoms with Crippen LogP contribution in [0.4, 0.5) is 0 Å². The van der Waals surface area contributed by atoms with E-state index < -0.39 is 0 Å². The molecule has 2 atom stereocenters. The molecule has 5 nitrogen and oxygen atoms in total. The number of fused-ring (bicyclic) bond motifs is 1. The Balaban J connectivity index is 1.58. The predicted molar refractivity (Wildman–Crippen MR) is 90.3 cm³/mol. The molecular formula is C17H20N3O2S+. The number of para-hydroxylation sites is 1. The van der Waals surface area contributed by atoms with Crippen molar-refractivity contribution in [2.75, 3.05) is 13.6 Å². The SMILES string of the molecule is C[C@H](c1nc2ccccc2s1)[NH+](C)CC(=O)NCc1ccco1. The van der Waals surface area contributed by atoms with Crippen molar-refractivity contribution >= 4 is 27.5 Å². The molecule has 0 saturated heterocycles. The largest absolute Gasteiger partial charge is 0.467 e. The van der Waals surface area contributed by atoms with E-state index in [4.69, 9.17) is 4.42 Å². The van der Waals surface area contributed by atoms with Crippen molar-refractivity contribution in [1.29, 1.82) is 0 Å². The molecule has 1 amide bonds. The molecule has 23 heavy (non-hydrogen) atoms. The maximum absolute atomic E-state index is 12.1. The molecular weight excluding hydrogens is 310 g/mol. The van der Waals surface area contributed by atoms with Crippen LogP contribution in [0.2, 0.25) is 0 Å². The molecule has 0 spiro atoms. The molecule has 2 N–H and O–H groups in total. The van der Waals surface area contributed by atoms with Crippen LogP contribution < -0.4 is 10.2 Å². The Morgan fingerprint density at radius 1 is 1.35 bits per heavy atom. The Bertz CT molecular complexity index is 749. The van der Waals surface area contributed by atoms with Crippen molar-refractivity contribution in [3.63, 3.8) is 0 Å². The van der Waals surface area contributed by atoms with Gasteiger partial charge in [-0.15, -0.1) is 11.3 Å². The first kappa shape index (κ1) is 15.7. The van der Waals surface area contributed by atoms with Crippen LogP contribution in [0.15, 0.2) is 47.1 Å². The average molecular weight is 330 g/mol. The van der Waals surface area contributed by atoms with E-state index in [2.05, 4.69) is 23.3 Å². The van der Waals surface area contributed by atoms with Gasteiger partial charge in [-0.1, -0.05) is 12.1 Å². The van der Waals surface area contributed by atoms with E-state index in [1.165, 1.54) is 4.70 Å². The highest BCUT2D eigenvalue weighted by Crippen LogP contribution is 2.24. The number of thiazole rings is 1. The molecule has 0 radical (unpaired) electrons. The summed E-state index contributed by atoms with van der Waals surface area (Å²) in [5.74, 6) is 0.766. The predicted octanol–water partition coefficient (Wildman–Crippen LogP) is 1.78. The second kappa shape index (κ2) is 6.93. The number of quaternary nitrogens is 1. The van der Waals surface area contributed by atoms with Crippen LogP contribution in [0.1, 0.15) is 23.7 Å². The number of hydrogen-bond acceptors (Lipinski definition) is 4. The summed E-state index contributed by atoms with van der Waals surface area (Å²) in [5, 5.41) is 3.94. The molecule has 2 aromatic heterocycles. The Hall–Kier alpha value is -2.18. The molecule has 0 aliphatic carbocycles. The van der Waals surface area contributed by atoms with Gasteiger partial charge in [0.1, 0.15) is 11.8 Å². The van der Waals surface area contributed by atoms with Gasteiger partial charge in [0.05, 0.1) is 30.1 Å². The molecule has 1 unspecified atom stereocenters. The third-order valence-corrected chi connectivity index (χ3v) is 5.12. The van der Waals surface area contributed by atoms with E-state index in [9.17, 15) is 4.79 Å². The highest BCUT2D eigenvalue weighted by atomic mass is 32.1. The van der Waals surface area contributed by atoms with Crippen molar-refractivity contribution in [3.8, 4) is 0 Å². The summed E-state index contributed by atoms with van der Waals surface area (Å²) in [6.45, 7) is 2.93. The number of benzene rings is 1. The number of amides is 1. The van der Waals surface area contributed by atoms with Gasteiger partial charge in [-0.25, -0.2) is 4.98 Å². The normalized spacial score (nSPS) is 13.8. The van der Waals surface area contributed by atoms with E-state index in [1.54, 1.807) is 17.6 Å². The lowest BCUT2D eigenvalue weighted by Gasteiger charge is -2.19. The maximum Gasteiger partial charge on any atom is 0.275 e. The summed E-state index contributed by atoms with van der Waals surface area (Å²) in [7, 11) is 2.02. The topological polar surface area (TPSA) is 59.6 Å². The fraction of sp³-hybridized carbons (Fsp3) is 0.294. The number of aromatic nitrogens is 1. The first-order chi connectivity index (χ1) is 11.1. The molecule has 120 valence electrons. The average Bonchev–Trinajstić information content (AvgIpc) is 3.21. The van der Waals surface area contributed by atoms with E-state index >= 15 is 0 Å². The highest BCUT2D eigenvalue weighted by Gasteiger charge is 2.21. The van der Waals surface area contributed by atoms with Crippen LogP contribution in [-0.2, 0) is 11.3 Å². The number of nitrogens with one attached hydrogen (secondary N) is 2. The van der Waals surface area contributed by atoms with Crippen LogP contribution in [0.3, 0.4) is 0 Å². The zero-order valence-electron chi connectivity index (χ0n) is 13.2. The summed E-state index contributed by atoms with van der Waals surface area (Å²) in [5.41, 5.74) is 1.02. The second-order valence-electron chi connectivity index (χ2n) is 5.62. The molecule has 2 heterocycles. The molecule has 1 aromatic carbocycles. The molecule has 0 aliphatic rings. The van der Waals surface area contributed by atoms with Crippen molar-refractivity contribution in [2.45, 2.75) is 19.5 Å². The number of likely N-dealkylation sites (N-methyl/N-ethyl adjacent to an activating group) is 1. The Kier molecular flexibility index (Phi) is 4.73. The Morgan fingerprint density at radius 3 is 2.91 bits per heavy atom. The van der Waals surface area contributed by atoms with Crippen LogP contribution in [-0.4, -0.2) is 24.5 Å². The lowest BCUT2D eigenvalue weighted by Crippen LogP contribution is -3.10. The molecule has 3 rings (SSSR count). The summed E-state index contributed by atoms with van der Waals surface area (Å²) in [6, 6.07) is 11.9. The van der Waals surface area contributed by atoms with Gasteiger partial charge in [-0.3, -0.25) is 4.79 Å². The smallest absolute Gasteiger partial charge is 0.275 e. The first-order valence-corrected chi connectivity index (χ1v) is 8.42. The maximum atomic E-state index is 12.1. The summed E-state index contributed by atoms with van der Waals surface area (Å²) in [4.78, 5) is 17.9. The Labute approximate surface area is 138 Å². The minimum Gasteiger partial charge on any atom is -0.467 e. The van der Waals surface area contributed by atoms with Gasteiger partial charge in [-0.05, 0) is 31.2 Å². The van der Waals surface area contributed by atoms with Crippen LogP contribution in [0.25, 0.3) is 10.2 Å². The van der Waals surface area contributed by atoms with Crippen LogP contribution in [0, 0.1) is 0 Å². The highest BCUT2D eigenvalue weighted by molar-refractivity contribution is 7.18. The standard InChI is InChI=1S/C17H19N3O2S/c1-12(17-19-14-7-3-4-8-15(14)23-17)20(2)11-16(21)18-10-13-6-5-9-22-13/h3-9,12H,10-11H2,1-2H3,(H,18,21)/p+1/t12-/m1/s1. The lowest BCUT2D eigenvalue weighted by atomic mass is 10.3. The molecule has 0 bridgehead atoms. The zero-order chi connectivity index (χ0) is 16.2. The third-order valence-electron chi connectivity index (χ3n) is 3.90. The fourth-order valence-electron chi connectivity index (χ4n) is 2.35. The second-order valence-corrected chi connectivity index (χ2v) is 6.68. The summed E-state index contributed by atoms with van der Waals surface area (Å²) >= 11 is 1.69. The van der Waals surface area contributed by atoms with Gasteiger partial charge in [0.15, 0.2) is 11.6 Å². The van der Waals surface area contributed by atoms with Crippen molar-refractivity contribution in [2.24, 2.45) is 0 Å². The summed E-state index contributed by atoms with van der Waals surface area (Å²) in [6.07, 6.45) is 1.61. The number of nitrogens with zero attached hydrogens (tertiary/aromatic N) is 1. The van der Waals surface area contributed by atoms with E-state index in [0.29, 0.717) is 13.1 Å². The van der Waals surface area contributed by atoms with Crippen molar-refractivity contribution in [1.82, 2.24) is 10.3 Å². The number of rotatable bonds is 6. The first-order valence-electron chi connectivity index (χ1n) is 7.60. The number of carbonyl (C=O) groups excluding carboxylic acids is 1.